The number of benzene rings is 1. The third kappa shape index (κ3) is 3.68. The summed E-state index contributed by atoms with van der Waals surface area (Å²) in [6, 6.07) is 14.5. The van der Waals surface area contributed by atoms with E-state index in [1.54, 1.807) is 11.3 Å². The summed E-state index contributed by atoms with van der Waals surface area (Å²) in [6.07, 6.45) is 3.38. The predicted molar refractivity (Wildman–Crippen MR) is 107 cm³/mol. The van der Waals surface area contributed by atoms with Gasteiger partial charge in [-0.15, -0.1) is 11.3 Å². The number of rotatable bonds is 5. The van der Waals surface area contributed by atoms with Crippen LogP contribution in [0, 0.1) is 0 Å². The van der Waals surface area contributed by atoms with Crippen molar-refractivity contribution in [2.24, 2.45) is 0 Å². The van der Waals surface area contributed by atoms with Gasteiger partial charge >= 0.3 is 0 Å². The van der Waals surface area contributed by atoms with Crippen LogP contribution in [0.25, 0.3) is 0 Å². The molecule has 2 saturated heterocycles. The Morgan fingerprint density at radius 2 is 1.59 bits per heavy atom. The fraction of sp³-hybridized carbons (Fsp3) is 0.500. The minimum Gasteiger partial charge on any atom is -0.381 e. The van der Waals surface area contributed by atoms with Crippen molar-refractivity contribution in [2.75, 3.05) is 33.0 Å². The summed E-state index contributed by atoms with van der Waals surface area (Å²) in [5.74, 6) is 0.138. The molecular formula is C22H27NO3S. The topological polar surface area (TPSA) is 47.6 Å². The molecule has 2 aliphatic rings. The molecule has 27 heavy (non-hydrogen) atoms. The van der Waals surface area contributed by atoms with E-state index < -0.39 is 5.41 Å². The van der Waals surface area contributed by atoms with Gasteiger partial charge in [-0.1, -0.05) is 36.4 Å². The first-order valence-corrected chi connectivity index (χ1v) is 10.7. The summed E-state index contributed by atoms with van der Waals surface area (Å²) in [4.78, 5) is 14.8. The smallest absolute Gasteiger partial charge is 0.230 e. The molecule has 0 aliphatic carbocycles. The van der Waals surface area contributed by atoms with Crippen molar-refractivity contribution in [3.8, 4) is 0 Å². The van der Waals surface area contributed by atoms with Gasteiger partial charge in [0, 0.05) is 43.3 Å². The zero-order valence-corrected chi connectivity index (χ0v) is 16.4. The molecule has 0 bridgehead atoms. The first-order chi connectivity index (χ1) is 13.3. The highest BCUT2D eigenvalue weighted by Gasteiger charge is 2.43. The third-order valence-corrected chi connectivity index (χ3v) is 7.30. The predicted octanol–water partition coefficient (Wildman–Crippen LogP) is 3.66. The molecule has 1 N–H and O–H groups in total. The van der Waals surface area contributed by atoms with Crippen LogP contribution in [0.1, 0.15) is 36.1 Å². The molecule has 2 aliphatic heterocycles. The third-order valence-electron chi connectivity index (χ3n) is 6.19. The number of hydrogen-bond donors (Lipinski definition) is 1. The number of amides is 1. The number of carbonyl (C=O) groups is 1. The van der Waals surface area contributed by atoms with Crippen molar-refractivity contribution in [3.05, 3.63) is 58.3 Å². The van der Waals surface area contributed by atoms with Crippen LogP contribution in [0.15, 0.2) is 47.8 Å². The Kier molecular flexibility index (Phi) is 5.62. The van der Waals surface area contributed by atoms with Crippen LogP contribution in [-0.4, -0.2) is 38.9 Å². The molecule has 144 valence electrons. The zero-order valence-electron chi connectivity index (χ0n) is 15.6. The average molecular weight is 386 g/mol. The van der Waals surface area contributed by atoms with Gasteiger partial charge in [-0.3, -0.25) is 4.79 Å². The summed E-state index contributed by atoms with van der Waals surface area (Å²) < 4.78 is 11.2. The second kappa shape index (κ2) is 8.13. The second-order valence-electron chi connectivity index (χ2n) is 7.61. The molecule has 1 amide bonds. The number of thiophene rings is 1. The van der Waals surface area contributed by atoms with Gasteiger partial charge in [-0.25, -0.2) is 0 Å². The quantitative estimate of drug-likeness (QED) is 0.854. The van der Waals surface area contributed by atoms with Crippen molar-refractivity contribution in [2.45, 2.75) is 36.5 Å². The maximum Gasteiger partial charge on any atom is 0.230 e. The summed E-state index contributed by atoms with van der Waals surface area (Å²) in [5, 5.41) is 5.47. The molecule has 4 nitrogen and oxygen atoms in total. The molecule has 0 unspecified atom stereocenters. The fourth-order valence-corrected chi connectivity index (χ4v) is 5.38. The number of hydrogen-bond acceptors (Lipinski definition) is 4. The highest BCUT2D eigenvalue weighted by atomic mass is 32.1. The van der Waals surface area contributed by atoms with E-state index in [-0.39, 0.29) is 11.3 Å². The lowest BCUT2D eigenvalue weighted by Gasteiger charge is -2.40. The second-order valence-corrected chi connectivity index (χ2v) is 8.56. The normalized spacial score (nSPS) is 21.5. The maximum absolute atomic E-state index is 13.5. The number of ether oxygens (including phenoxy) is 2. The van der Waals surface area contributed by atoms with Crippen LogP contribution in [-0.2, 0) is 25.1 Å². The monoisotopic (exact) mass is 385 g/mol. The lowest BCUT2D eigenvalue weighted by molar-refractivity contribution is -0.131. The molecule has 5 heteroatoms. The standard InChI is InChI=1S/C22H27NO3S/c24-20(22(10-14-26-15-11-22)18-5-2-1-3-6-18)23-17-21(8-12-25-13-9-21)19-7-4-16-27-19/h1-7,16H,8-15,17H2,(H,23,24). The number of carbonyl (C=O) groups excluding carboxylic acids is 1. The molecule has 1 aromatic heterocycles. The first-order valence-electron chi connectivity index (χ1n) is 9.79. The Hall–Kier alpha value is -1.69. The molecular weight excluding hydrogens is 358 g/mol. The largest absolute Gasteiger partial charge is 0.381 e. The first kappa shape index (κ1) is 18.7. The van der Waals surface area contributed by atoms with Gasteiger partial charge in [0.25, 0.3) is 0 Å². The fourth-order valence-electron chi connectivity index (χ4n) is 4.40. The number of nitrogens with one attached hydrogen (secondary N) is 1. The molecule has 2 fully saturated rings. The van der Waals surface area contributed by atoms with Gasteiger partial charge in [0.15, 0.2) is 0 Å². The van der Waals surface area contributed by atoms with Gasteiger partial charge in [0.05, 0.1) is 5.41 Å². The lowest BCUT2D eigenvalue weighted by atomic mass is 9.72. The summed E-state index contributed by atoms with van der Waals surface area (Å²) >= 11 is 1.78. The van der Waals surface area contributed by atoms with E-state index in [0.717, 1.165) is 44.5 Å². The summed E-state index contributed by atoms with van der Waals surface area (Å²) in [7, 11) is 0. The Labute approximate surface area is 164 Å². The molecule has 2 aromatic rings. The van der Waals surface area contributed by atoms with E-state index in [9.17, 15) is 4.79 Å². The minimum atomic E-state index is -0.485. The van der Waals surface area contributed by atoms with Gasteiger partial charge in [0.1, 0.15) is 0 Å². The van der Waals surface area contributed by atoms with E-state index >= 15 is 0 Å². The van der Waals surface area contributed by atoms with Crippen molar-refractivity contribution >= 4 is 17.2 Å². The molecule has 1 aromatic carbocycles. The molecule has 0 atom stereocenters. The van der Waals surface area contributed by atoms with E-state index in [2.05, 4.69) is 35.0 Å². The molecule has 0 spiro atoms. The van der Waals surface area contributed by atoms with Crippen molar-refractivity contribution in [3.63, 3.8) is 0 Å². The Bertz CT molecular complexity index is 732. The van der Waals surface area contributed by atoms with E-state index in [1.807, 2.05) is 18.2 Å². The van der Waals surface area contributed by atoms with Gasteiger partial charge in [-0.2, -0.15) is 0 Å². The molecule has 0 radical (unpaired) electrons. The Balaban J connectivity index is 1.56. The molecule has 3 heterocycles. The van der Waals surface area contributed by atoms with Gasteiger partial charge < -0.3 is 14.8 Å². The van der Waals surface area contributed by atoms with E-state index in [4.69, 9.17) is 9.47 Å². The van der Waals surface area contributed by atoms with Crippen molar-refractivity contribution < 1.29 is 14.3 Å². The molecule has 4 rings (SSSR count). The highest BCUT2D eigenvalue weighted by molar-refractivity contribution is 7.10. The van der Waals surface area contributed by atoms with Crippen LogP contribution < -0.4 is 5.32 Å². The zero-order chi connectivity index (χ0) is 18.6. The van der Waals surface area contributed by atoms with Crippen LogP contribution in [0.3, 0.4) is 0 Å². The van der Waals surface area contributed by atoms with Crippen LogP contribution in [0.5, 0.6) is 0 Å². The molecule has 0 saturated carbocycles. The highest BCUT2D eigenvalue weighted by Crippen LogP contribution is 2.39. The lowest BCUT2D eigenvalue weighted by Crippen LogP contribution is -2.52. The van der Waals surface area contributed by atoms with Crippen LogP contribution in [0.2, 0.25) is 0 Å². The van der Waals surface area contributed by atoms with E-state index in [0.29, 0.717) is 19.8 Å². The Morgan fingerprint density at radius 1 is 0.926 bits per heavy atom. The SMILES string of the molecule is O=C(NCC1(c2cccs2)CCOCC1)C1(c2ccccc2)CCOCC1. The summed E-state index contributed by atoms with van der Waals surface area (Å²) in [5.41, 5.74) is 0.606. The maximum atomic E-state index is 13.5. The van der Waals surface area contributed by atoms with Crippen molar-refractivity contribution in [1.82, 2.24) is 5.32 Å². The minimum absolute atomic E-state index is 0.00881. The van der Waals surface area contributed by atoms with Crippen molar-refractivity contribution in [1.29, 1.82) is 0 Å². The summed E-state index contributed by atoms with van der Waals surface area (Å²) in [6.45, 7) is 3.44. The van der Waals surface area contributed by atoms with Gasteiger partial charge in [-0.05, 0) is 42.7 Å². The Morgan fingerprint density at radius 3 is 2.22 bits per heavy atom. The van der Waals surface area contributed by atoms with Crippen LogP contribution >= 0.6 is 11.3 Å². The van der Waals surface area contributed by atoms with Gasteiger partial charge in [0.2, 0.25) is 5.91 Å². The average Bonchev–Trinajstić information content (AvgIpc) is 3.29. The van der Waals surface area contributed by atoms with Crippen LogP contribution in [0.4, 0.5) is 0 Å². The van der Waals surface area contributed by atoms with E-state index in [1.165, 1.54) is 4.88 Å².